The number of nitrogens with one attached hydrogen (secondary N) is 5. The summed E-state index contributed by atoms with van der Waals surface area (Å²) in [7, 11) is 0. The number of phenolic OH excluding ortho intramolecular Hbond substituents is 1. The van der Waals surface area contributed by atoms with E-state index in [4.69, 9.17) is 0 Å². The Balaban J connectivity index is 2.04. The quantitative estimate of drug-likeness (QED) is 0.216. The number of benzene rings is 2. The highest BCUT2D eigenvalue weighted by Gasteiger charge is 2.40. The van der Waals surface area contributed by atoms with Crippen molar-refractivity contribution in [2.24, 2.45) is 0 Å². The van der Waals surface area contributed by atoms with Crippen LogP contribution in [0.15, 0.2) is 48.5 Å². The Labute approximate surface area is 266 Å². The lowest BCUT2D eigenvalue weighted by molar-refractivity contribution is -0.134. The summed E-state index contributed by atoms with van der Waals surface area (Å²) < 4.78 is 11.3. The molecule has 0 spiro atoms. The molecule has 2 aromatic carbocycles. The van der Waals surface area contributed by atoms with Crippen LogP contribution >= 0.6 is 25.3 Å². The van der Waals surface area contributed by atoms with Crippen molar-refractivity contribution in [3.8, 4) is 5.75 Å². The monoisotopic (exact) mass is 647 g/mol. The van der Waals surface area contributed by atoms with Gasteiger partial charge in [-0.2, -0.15) is 25.3 Å². The zero-order chi connectivity index (χ0) is 32.8. The van der Waals surface area contributed by atoms with E-state index in [2.05, 4.69) is 51.8 Å². The third-order valence-corrected chi connectivity index (χ3v) is 7.46. The van der Waals surface area contributed by atoms with Crippen molar-refractivity contribution in [3.05, 3.63) is 65.5 Å². The van der Waals surface area contributed by atoms with E-state index in [0.717, 1.165) is 0 Å². The number of hydrogen-bond donors (Lipinski definition) is 8. The van der Waals surface area contributed by atoms with E-state index in [1.165, 1.54) is 36.4 Å². The second kappa shape index (κ2) is 14.3. The molecule has 1 heterocycles. The van der Waals surface area contributed by atoms with Gasteiger partial charge in [0.25, 0.3) is 0 Å². The molecule has 3 rings (SSSR count). The summed E-state index contributed by atoms with van der Waals surface area (Å²) >= 11 is 9.02. The van der Waals surface area contributed by atoms with Gasteiger partial charge in [-0.05, 0) is 63.1 Å². The van der Waals surface area contributed by atoms with Crippen LogP contribution < -0.4 is 26.6 Å². The number of aromatic hydroxyl groups is 1. The van der Waals surface area contributed by atoms with Gasteiger partial charge in [0.1, 0.15) is 35.7 Å². The van der Waals surface area contributed by atoms with Gasteiger partial charge in [0.15, 0.2) is 0 Å². The first-order valence-corrected chi connectivity index (χ1v) is 14.8. The molecular weight excluding hydrogens is 609 g/mol. The lowest BCUT2D eigenvalue weighted by atomic mass is 9.98. The lowest BCUT2D eigenvalue weighted by Crippen LogP contribution is -2.63. The maximum atomic E-state index is 13.7. The molecular formula is C30H38FN5O6S2. The van der Waals surface area contributed by atoms with E-state index in [9.17, 15) is 33.5 Å². The largest absolute Gasteiger partial charge is 0.508 e. The molecule has 5 amide bonds. The number of amides is 5. The van der Waals surface area contributed by atoms with Gasteiger partial charge in [-0.15, -0.1) is 0 Å². The molecule has 14 heteroatoms. The third-order valence-electron chi connectivity index (χ3n) is 6.95. The Morgan fingerprint density at radius 2 is 1.11 bits per heavy atom. The fourth-order valence-corrected chi connectivity index (χ4v) is 4.89. The van der Waals surface area contributed by atoms with Crippen LogP contribution in [-0.4, -0.2) is 74.8 Å². The maximum absolute atomic E-state index is 13.7. The Morgan fingerprint density at radius 1 is 0.682 bits per heavy atom. The van der Waals surface area contributed by atoms with Gasteiger partial charge in [0.05, 0.1) is 6.54 Å². The Bertz CT molecular complexity index is 1380. The predicted molar refractivity (Wildman–Crippen MR) is 169 cm³/mol. The van der Waals surface area contributed by atoms with Crippen molar-refractivity contribution in [1.82, 2.24) is 26.6 Å². The van der Waals surface area contributed by atoms with Gasteiger partial charge in [-0.1, -0.05) is 24.3 Å². The number of halogens is 1. The van der Waals surface area contributed by atoms with Crippen LogP contribution in [0.5, 0.6) is 5.75 Å². The molecule has 1 saturated heterocycles. The highest BCUT2D eigenvalue weighted by Crippen LogP contribution is 2.21. The molecule has 0 saturated carbocycles. The normalized spacial score (nSPS) is 22.8. The molecule has 1 fully saturated rings. The number of thiol groups is 2. The van der Waals surface area contributed by atoms with Gasteiger partial charge in [0.2, 0.25) is 29.5 Å². The average Bonchev–Trinajstić information content (AvgIpc) is 2.93. The topological polar surface area (TPSA) is 166 Å². The first-order chi connectivity index (χ1) is 20.4. The molecule has 2 aromatic rings. The van der Waals surface area contributed by atoms with Crippen molar-refractivity contribution in [2.45, 2.75) is 74.2 Å². The van der Waals surface area contributed by atoms with Gasteiger partial charge >= 0.3 is 0 Å². The van der Waals surface area contributed by atoms with E-state index in [1.807, 2.05) is 0 Å². The molecule has 1 aliphatic rings. The number of carbonyl (C=O) groups excluding carboxylic acids is 5. The van der Waals surface area contributed by atoms with Crippen LogP contribution in [0.1, 0.15) is 38.8 Å². The molecule has 0 radical (unpaired) electrons. The summed E-state index contributed by atoms with van der Waals surface area (Å²) in [5.74, 6) is -4.10. The molecule has 0 aliphatic carbocycles. The van der Waals surface area contributed by atoms with Crippen molar-refractivity contribution in [3.63, 3.8) is 0 Å². The molecule has 11 nitrogen and oxygen atoms in total. The fraction of sp³-hybridized carbons (Fsp3) is 0.433. The fourth-order valence-electron chi connectivity index (χ4n) is 4.52. The third kappa shape index (κ3) is 9.88. The number of carbonyl (C=O) groups is 5. The van der Waals surface area contributed by atoms with Crippen LogP contribution in [0, 0.1) is 5.82 Å². The first-order valence-electron chi connectivity index (χ1n) is 13.9. The van der Waals surface area contributed by atoms with Crippen LogP contribution in [0.25, 0.3) is 0 Å². The van der Waals surface area contributed by atoms with Crippen LogP contribution in [0.2, 0.25) is 0 Å². The van der Waals surface area contributed by atoms with Crippen LogP contribution in [-0.2, 0) is 36.8 Å². The highest BCUT2D eigenvalue weighted by atomic mass is 32.1. The van der Waals surface area contributed by atoms with Crippen molar-refractivity contribution in [1.29, 1.82) is 0 Å². The molecule has 0 unspecified atom stereocenters. The number of phenols is 1. The SMILES string of the molecule is CC(C)(S)[C@H]1NC(=O)[C@H](Cc2ccc(O)cc2)NC(=O)[C@@H](C(C)(C)S)NC(=O)[C@H](Cc2ccc(F)cc2)NC(=O)CNC1=O. The molecule has 6 N–H and O–H groups in total. The Morgan fingerprint density at radius 3 is 1.59 bits per heavy atom. The zero-order valence-corrected chi connectivity index (χ0v) is 26.6. The van der Waals surface area contributed by atoms with Gasteiger partial charge < -0.3 is 31.7 Å². The molecule has 44 heavy (non-hydrogen) atoms. The second-order valence-corrected chi connectivity index (χ2v) is 14.1. The van der Waals surface area contributed by atoms with Crippen LogP contribution in [0.3, 0.4) is 0 Å². The molecule has 1 aliphatic heterocycles. The Kier molecular flexibility index (Phi) is 11.3. The van der Waals surface area contributed by atoms with Crippen LogP contribution in [0.4, 0.5) is 4.39 Å². The molecule has 0 bridgehead atoms. The van der Waals surface area contributed by atoms with Crippen molar-refractivity contribution >= 4 is 54.8 Å². The summed E-state index contributed by atoms with van der Waals surface area (Å²) in [5.41, 5.74) is 1.12. The van der Waals surface area contributed by atoms with Gasteiger partial charge in [-0.25, -0.2) is 4.39 Å². The van der Waals surface area contributed by atoms with Crippen molar-refractivity contribution in [2.75, 3.05) is 6.54 Å². The molecule has 0 aromatic heterocycles. The standard InChI is InChI=1S/C30H38FN5O6S2/c1-29(2,43)23-27(41)32-15-22(38)33-20(13-16-5-9-18(31)10-6-16)25(39)36-24(30(3,4)44)28(42)34-21(26(40)35-23)14-17-7-11-19(37)12-8-17/h5-12,20-21,23-24,37,43-44H,13-15H2,1-4H3,(H,32,41)(H,33,38)(H,34,42)(H,35,40)(H,36,39)/t20-,21-,23-,24-/m0/s1. The second-order valence-electron chi connectivity index (χ2n) is 11.8. The summed E-state index contributed by atoms with van der Waals surface area (Å²) in [4.78, 5) is 67.1. The number of hydrogen-bond acceptors (Lipinski definition) is 8. The van der Waals surface area contributed by atoms with E-state index in [0.29, 0.717) is 11.1 Å². The first kappa shape index (κ1) is 34.7. The summed E-state index contributed by atoms with van der Waals surface area (Å²) in [6, 6.07) is 6.40. The maximum Gasteiger partial charge on any atom is 0.244 e. The molecule has 238 valence electrons. The summed E-state index contributed by atoms with van der Waals surface area (Å²) in [5, 5.41) is 22.7. The van der Waals surface area contributed by atoms with E-state index in [1.54, 1.807) is 39.8 Å². The van der Waals surface area contributed by atoms with Gasteiger partial charge in [-0.3, -0.25) is 24.0 Å². The number of rotatable bonds is 6. The van der Waals surface area contributed by atoms with E-state index < -0.39 is 75.6 Å². The van der Waals surface area contributed by atoms with Gasteiger partial charge in [0, 0.05) is 22.3 Å². The van der Waals surface area contributed by atoms with E-state index >= 15 is 0 Å². The summed E-state index contributed by atoms with van der Waals surface area (Å²) in [6.45, 7) is 5.86. The minimum absolute atomic E-state index is 0.0100. The highest BCUT2D eigenvalue weighted by molar-refractivity contribution is 7.82. The molecule has 4 atom stereocenters. The zero-order valence-electron chi connectivity index (χ0n) is 24.8. The van der Waals surface area contributed by atoms with Crippen molar-refractivity contribution < 1.29 is 33.5 Å². The smallest absolute Gasteiger partial charge is 0.244 e. The predicted octanol–water partition coefficient (Wildman–Crippen LogP) is 0.802. The van der Waals surface area contributed by atoms with E-state index in [-0.39, 0.29) is 18.6 Å². The minimum Gasteiger partial charge on any atom is -0.508 e. The Hall–Kier alpha value is -3.78. The minimum atomic E-state index is -1.29. The summed E-state index contributed by atoms with van der Waals surface area (Å²) in [6.07, 6.45) is -0.0803. The lowest BCUT2D eigenvalue weighted by Gasteiger charge is -2.33. The average molecular weight is 648 g/mol.